The van der Waals surface area contributed by atoms with E-state index in [2.05, 4.69) is 27.7 Å². The molecular weight excluding hydrogens is 472 g/mol. The fourth-order valence-corrected chi connectivity index (χ4v) is 4.36. The molecule has 4 nitrogen and oxygen atoms in total. The van der Waals surface area contributed by atoms with Gasteiger partial charge < -0.3 is 9.47 Å². The molecule has 0 atom stereocenters. The largest absolute Gasteiger partial charge is 0.466 e. The smallest absolute Gasteiger partial charge is 0.305 e. The van der Waals surface area contributed by atoms with E-state index in [1.54, 1.807) is 0 Å². The normalized spacial score (nSPS) is 10.6. The van der Waals surface area contributed by atoms with Crippen LogP contribution in [-0.4, -0.2) is 25.2 Å². The van der Waals surface area contributed by atoms with Gasteiger partial charge in [0.25, 0.3) is 0 Å². The summed E-state index contributed by atoms with van der Waals surface area (Å²) < 4.78 is 10.5. The monoisotopic (exact) mass is 541 g/mol. The standard InChI is InChI=1S/C24H46O4.C10H22/c1-3-5-7-8-9-10-11-12-13-16-20-24(26)28-22-18-15-14-17-21-27-23(25)19-6-4-2;1-3-5-7-9-10-8-6-4-2/h3-22H2,1-2H3;3-10H2,1-2H3. The van der Waals surface area contributed by atoms with Crippen molar-refractivity contribution in [1.82, 2.24) is 0 Å². The molecule has 0 amide bonds. The molecule has 0 aromatic heterocycles. The Hall–Kier alpha value is -1.06. The van der Waals surface area contributed by atoms with Crippen LogP contribution < -0.4 is 0 Å². The molecule has 38 heavy (non-hydrogen) atoms. The Kier molecular flexibility index (Phi) is 37.0. The van der Waals surface area contributed by atoms with Crippen molar-refractivity contribution in [3.8, 4) is 0 Å². The van der Waals surface area contributed by atoms with Crippen LogP contribution in [0.1, 0.15) is 195 Å². The van der Waals surface area contributed by atoms with Crippen LogP contribution in [0.4, 0.5) is 0 Å². The fourth-order valence-electron chi connectivity index (χ4n) is 4.36. The quantitative estimate of drug-likeness (QED) is 0.0731. The second-order valence-electron chi connectivity index (χ2n) is 11.0. The van der Waals surface area contributed by atoms with Gasteiger partial charge in [-0.2, -0.15) is 0 Å². The van der Waals surface area contributed by atoms with Gasteiger partial charge in [-0.1, -0.05) is 143 Å². The molecular formula is C34H68O4. The van der Waals surface area contributed by atoms with Crippen LogP contribution >= 0.6 is 0 Å². The van der Waals surface area contributed by atoms with E-state index in [0.29, 0.717) is 26.1 Å². The summed E-state index contributed by atoms with van der Waals surface area (Å²) in [6, 6.07) is 0. The second kappa shape index (κ2) is 35.9. The predicted molar refractivity (Wildman–Crippen MR) is 165 cm³/mol. The summed E-state index contributed by atoms with van der Waals surface area (Å²) in [5.41, 5.74) is 0. The number of hydrogen-bond donors (Lipinski definition) is 0. The third-order valence-corrected chi connectivity index (χ3v) is 6.99. The van der Waals surface area contributed by atoms with Gasteiger partial charge in [-0.3, -0.25) is 9.59 Å². The molecule has 0 saturated heterocycles. The Morgan fingerprint density at radius 2 is 0.605 bits per heavy atom. The van der Waals surface area contributed by atoms with Gasteiger partial charge in [-0.25, -0.2) is 0 Å². The van der Waals surface area contributed by atoms with Crippen LogP contribution in [0.5, 0.6) is 0 Å². The Bertz CT molecular complexity index is 455. The second-order valence-corrected chi connectivity index (χ2v) is 11.0. The molecule has 0 saturated carbocycles. The lowest BCUT2D eigenvalue weighted by Crippen LogP contribution is -2.06. The number of ether oxygens (including phenoxy) is 2. The zero-order valence-corrected chi connectivity index (χ0v) is 26.4. The summed E-state index contributed by atoms with van der Waals surface area (Å²) in [5, 5.41) is 0. The first-order chi connectivity index (χ1) is 18.6. The molecule has 0 fully saturated rings. The van der Waals surface area contributed by atoms with Gasteiger partial charge in [-0.05, 0) is 38.5 Å². The minimum Gasteiger partial charge on any atom is -0.466 e. The highest BCUT2D eigenvalue weighted by Crippen LogP contribution is 2.12. The first-order valence-corrected chi connectivity index (χ1v) is 16.9. The van der Waals surface area contributed by atoms with Crippen LogP contribution in [0.15, 0.2) is 0 Å². The molecule has 4 heteroatoms. The number of rotatable bonds is 28. The summed E-state index contributed by atoms with van der Waals surface area (Å²) >= 11 is 0. The molecule has 0 aromatic carbocycles. The molecule has 0 heterocycles. The van der Waals surface area contributed by atoms with Gasteiger partial charge in [0.15, 0.2) is 0 Å². The van der Waals surface area contributed by atoms with Gasteiger partial charge in [0.05, 0.1) is 13.2 Å². The van der Waals surface area contributed by atoms with E-state index in [1.807, 2.05) is 0 Å². The van der Waals surface area contributed by atoms with Gasteiger partial charge >= 0.3 is 11.9 Å². The number of unbranched alkanes of at least 4 members (excludes halogenated alkanes) is 20. The lowest BCUT2D eigenvalue weighted by atomic mass is 10.1. The highest BCUT2D eigenvalue weighted by atomic mass is 16.5. The Balaban J connectivity index is 0. The minimum atomic E-state index is -0.0808. The molecule has 0 spiro atoms. The lowest BCUT2D eigenvalue weighted by Gasteiger charge is -2.06. The highest BCUT2D eigenvalue weighted by molar-refractivity contribution is 5.69. The van der Waals surface area contributed by atoms with Gasteiger partial charge in [0, 0.05) is 12.8 Å². The number of carbonyl (C=O) groups excluding carboxylic acids is 2. The Morgan fingerprint density at radius 3 is 0.947 bits per heavy atom. The third kappa shape index (κ3) is 37.1. The van der Waals surface area contributed by atoms with Crippen LogP contribution in [0.2, 0.25) is 0 Å². The van der Waals surface area contributed by atoms with Crippen molar-refractivity contribution >= 4 is 11.9 Å². The van der Waals surface area contributed by atoms with Gasteiger partial charge in [-0.15, -0.1) is 0 Å². The first-order valence-electron chi connectivity index (χ1n) is 16.9. The molecule has 0 N–H and O–H groups in total. The summed E-state index contributed by atoms with van der Waals surface area (Å²) in [6.45, 7) is 9.89. The van der Waals surface area contributed by atoms with E-state index in [-0.39, 0.29) is 11.9 Å². The van der Waals surface area contributed by atoms with Crippen molar-refractivity contribution in [2.24, 2.45) is 0 Å². The van der Waals surface area contributed by atoms with Crippen molar-refractivity contribution in [2.75, 3.05) is 13.2 Å². The van der Waals surface area contributed by atoms with E-state index in [4.69, 9.17) is 9.47 Å². The van der Waals surface area contributed by atoms with Crippen molar-refractivity contribution in [1.29, 1.82) is 0 Å². The predicted octanol–water partition coefficient (Wildman–Crippen LogP) is 11.3. The van der Waals surface area contributed by atoms with Gasteiger partial charge in [0.1, 0.15) is 0 Å². The third-order valence-electron chi connectivity index (χ3n) is 6.99. The summed E-state index contributed by atoms with van der Waals surface area (Å²) in [4.78, 5) is 23.0. The van der Waals surface area contributed by atoms with Gasteiger partial charge in [0.2, 0.25) is 0 Å². The fraction of sp³-hybridized carbons (Fsp3) is 0.941. The lowest BCUT2D eigenvalue weighted by molar-refractivity contribution is -0.145. The summed E-state index contributed by atoms with van der Waals surface area (Å²) in [7, 11) is 0. The van der Waals surface area contributed by atoms with Crippen molar-refractivity contribution in [3.05, 3.63) is 0 Å². The van der Waals surface area contributed by atoms with E-state index < -0.39 is 0 Å². The zero-order chi connectivity index (χ0) is 28.4. The van der Waals surface area contributed by atoms with Crippen molar-refractivity contribution in [3.63, 3.8) is 0 Å². The van der Waals surface area contributed by atoms with Crippen molar-refractivity contribution in [2.45, 2.75) is 195 Å². The topological polar surface area (TPSA) is 52.6 Å². The van der Waals surface area contributed by atoms with Crippen molar-refractivity contribution < 1.29 is 19.1 Å². The van der Waals surface area contributed by atoms with Crippen LogP contribution in [0.25, 0.3) is 0 Å². The molecule has 0 aromatic rings. The Morgan fingerprint density at radius 1 is 0.342 bits per heavy atom. The first kappa shape index (κ1) is 39.1. The highest BCUT2D eigenvalue weighted by Gasteiger charge is 2.03. The average molecular weight is 541 g/mol. The maximum Gasteiger partial charge on any atom is 0.305 e. The molecule has 228 valence electrons. The molecule has 0 aliphatic carbocycles. The van der Waals surface area contributed by atoms with Crippen LogP contribution in [-0.2, 0) is 19.1 Å². The molecule has 0 rings (SSSR count). The molecule has 0 bridgehead atoms. The zero-order valence-electron chi connectivity index (χ0n) is 26.4. The maximum absolute atomic E-state index is 11.7. The van der Waals surface area contributed by atoms with Crippen LogP contribution in [0.3, 0.4) is 0 Å². The maximum atomic E-state index is 11.7. The average Bonchev–Trinajstić information content (AvgIpc) is 2.92. The SMILES string of the molecule is CCCCCCCCCC.CCCCCCCCCCCCC(=O)OCCCCCCOC(=O)CCCC. The van der Waals surface area contributed by atoms with E-state index >= 15 is 0 Å². The number of esters is 2. The molecule has 0 radical (unpaired) electrons. The summed E-state index contributed by atoms with van der Waals surface area (Å²) in [6.07, 6.45) is 31.1. The summed E-state index contributed by atoms with van der Waals surface area (Å²) in [5.74, 6) is -0.132. The van der Waals surface area contributed by atoms with Crippen LogP contribution in [0, 0.1) is 0 Å². The van der Waals surface area contributed by atoms with E-state index in [1.165, 1.54) is 103 Å². The molecule has 0 unspecified atom stereocenters. The van der Waals surface area contributed by atoms with E-state index in [0.717, 1.165) is 51.4 Å². The Labute approximate surface area is 238 Å². The minimum absolute atomic E-state index is 0.0515. The molecule has 0 aliphatic heterocycles. The number of hydrogen-bond acceptors (Lipinski definition) is 4. The molecule has 0 aliphatic rings. The van der Waals surface area contributed by atoms with E-state index in [9.17, 15) is 9.59 Å². The number of carbonyl (C=O) groups is 2.